The number of fused-ring (bicyclic) bond motifs is 1. The van der Waals surface area contributed by atoms with Crippen molar-refractivity contribution in [3.8, 4) is 5.75 Å². The number of ether oxygens (including phenoxy) is 1. The van der Waals surface area contributed by atoms with Gasteiger partial charge >= 0.3 is 0 Å². The first-order chi connectivity index (χ1) is 13.9. The van der Waals surface area contributed by atoms with Crippen LogP contribution >= 0.6 is 22.9 Å². The van der Waals surface area contributed by atoms with Gasteiger partial charge in [-0.15, -0.1) is 11.3 Å². The summed E-state index contributed by atoms with van der Waals surface area (Å²) in [6, 6.07) is 17.4. The van der Waals surface area contributed by atoms with Crippen molar-refractivity contribution in [2.75, 3.05) is 17.1 Å². The molecule has 0 bridgehead atoms. The Hall–Kier alpha value is -2.88. The molecule has 0 fully saturated rings. The third kappa shape index (κ3) is 4.26. The predicted octanol–water partition coefficient (Wildman–Crippen LogP) is 4.90. The fourth-order valence-electron chi connectivity index (χ4n) is 2.62. The molecule has 0 radical (unpaired) electrons. The Bertz CT molecular complexity index is 1290. The second-order valence-electron chi connectivity index (χ2n) is 5.93. The number of methoxy groups -OCH3 is 1. The van der Waals surface area contributed by atoms with Gasteiger partial charge in [-0.2, -0.15) is 0 Å². The standard InChI is InChI=1S/C19H15ClN4O3S2/c1-27-13-6-4-5-12(11-13)21-18-19(23-15-8-3-2-7-14(15)22-18)24-29(25,26)17-10-9-16(20)28-17/h2-11H,1H3,(H,21,22)(H,23,24). The van der Waals surface area contributed by atoms with Gasteiger partial charge in [0.05, 0.1) is 22.5 Å². The van der Waals surface area contributed by atoms with E-state index in [1.165, 1.54) is 12.1 Å². The van der Waals surface area contributed by atoms with E-state index in [4.69, 9.17) is 16.3 Å². The van der Waals surface area contributed by atoms with Gasteiger partial charge in [-0.25, -0.2) is 18.4 Å². The number of halogens is 1. The molecule has 7 nitrogen and oxygen atoms in total. The molecule has 0 aliphatic carbocycles. The number of hydrogen-bond donors (Lipinski definition) is 2. The molecule has 0 spiro atoms. The minimum atomic E-state index is -3.87. The third-order valence-electron chi connectivity index (χ3n) is 3.95. The lowest BCUT2D eigenvalue weighted by molar-refractivity contribution is 0.415. The molecule has 0 aliphatic rings. The van der Waals surface area contributed by atoms with Crippen molar-refractivity contribution in [1.29, 1.82) is 0 Å². The molecular weight excluding hydrogens is 432 g/mol. The molecule has 0 saturated heterocycles. The summed E-state index contributed by atoms with van der Waals surface area (Å²) in [5.74, 6) is 0.998. The summed E-state index contributed by atoms with van der Waals surface area (Å²) in [5, 5.41) is 3.12. The highest BCUT2D eigenvalue weighted by Gasteiger charge is 2.21. The molecular formula is C19H15ClN4O3S2. The number of thiophene rings is 1. The number of hydrogen-bond acceptors (Lipinski definition) is 7. The van der Waals surface area contributed by atoms with E-state index in [1.54, 1.807) is 31.4 Å². The number of rotatable bonds is 6. The number of nitrogens with zero attached hydrogens (tertiary/aromatic N) is 2. The Kier molecular flexibility index (Phi) is 5.27. The van der Waals surface area contributed by atoms with Gasteiger partial charge in [0.15, 0.2) is 11.6 Å². The number of anilines is 3. The molecule has 10 heteroatoms. The zero-order valence-electron chi connectivity index (χ0n) is 15.1. The number of benzene rings is 2. The van der Waals surface area contributed by atoms with Crippen LogP contribution in [0.1, 0.15) is 0 Å². The highest BCUT2D eigenvalue weighted by Crippen LogP contribution is 2.31. The van der Waals surface area contributed by atoms with Gasteiger partial charge in [0.1, 0.15) is 9.96 Å². The number of nitrogens with one attached hydrogen (secondary N) is 2. The van der Waals surface area contributed by atoms with Crippen molar-refractivity contribution in [3.05, 3.63) is 65.0 Å². The van der Waals surface area contributed by atoms with Crippen LogP contribution in [0.2, 0.25) is 4.34 Å². The molecule has 4 rings (SSSR count). The van der Waals surface area contributed by atoms with Gasteiger partial charge in [-0.1, -0.05) is 29.8 Å². The van der Waals surface area contributed by atoms with E-state index in [0.29, 0.717) is 26.8 Å². The van der Waals surface area contributed by atoms with E-state index in [1.807, 2.05) is 24.3 Å². The fraction of sp³-hybridized carbons (Fsp3) is 0.0526. The van der Waals surface area contributed by atoms with Crippen molar-refractivity contribution in [2.24, 2.45) is 0 Å². The Balaban J connectivity index is 1.77. The van der Waals surface area contributed by atoms with Crippen LogP contribution in [0.3, 0.4) is 0 Å². The van der Waals surface area contributed by atoms with E-state index in [0.717, 1.165) is 11.3 Å². The molecule has 2 N–H and O–H groups in total. The SMILES string of the molecule is COc1cccc(Nc2nc3ccccc3nc2NS(=O)(=O)c2ccc(Cl)s2)c1. The van der Waals surface area contributed by atoms with Crippen LogP contribution in [0.25, 0.3) is 11.0 Å². The molecule has 2 aromatic carbocycles. The summed E-state index contributed by atoms with van der Waals surface area (Å²) in [7, 11) is -2.30. The van der Waals surface area contributed by atoms with Crippen LogP contribution in [0.4, 0.5) is 17.3 Å². The summed E-state index contributed by atoms with van der Waals surface area (Å²) in [5.41, 5.74) is 1.86. The Morgan fingerprint density at radius 3 is 2.34 bits per heavy atom. The lowest BCUT2D eigenvalue weighted by atomic mass is 10.3. The predicted molar refractivity (Wildman–Crippen MR) is 116 cm³/mol. The monoisotopic (exact) mass is 446 g/mol. The first-order valence-corrected chi connectivity index (χ1v) is 11.1. The molecule has 0 unspecified atom stereocenters. The molecule has 0 aliphatic heterocycles. The summed E-state index contributed by atoms with van der Waals surface area (Å²) in [6.07, 6.45) is 0. The van der Waals surface area contributed by atoms with Gasteiger partial charge in [0.25, 0.3) is 10.0 Å². The molecule has 0 atom stereocenters. The van der Waals surface area contributed by atoms with Crippen LogP contribution in [0, 0.1) is 0 Å². The van der Waals surface area contributed by atoms with Crippen molar-refractivity contribution >= 4 is 61.3 Å². The van der Waals surface area contributed by atoms with Gasteiger partial charge in [-0.3, -0.25) is 4.72 Å². The minimum absolute atomic E-state index is 0.0797. The molecule has 4 aromatic rings. The summed E-state index contributed by atoms with van der Waals surface area (Å²) >= 11 is 6.85. The van der Waals surface area contributed by atoms with E-state index in [-0.39, 0.29) is 15.8 Å². The topological polar surface area (TPSA) is 93.2 Å². The first kappa shape index (κ1) is 19.4. The van der Waals surface area contributed by atoms with Gasteiger partial charge in [-0.05, 0) is 36.4 Å². The van der Waals surface area contributed by atoms with Crippen LogP contribution in [-0.2, 0) is 10.0 Å². The van der Waals surface area contributed by atoms with Crippen LogP contribution in [-0.4, -0.2) is 25.5 Å². The van der Waals surface area contributed by atoms with Crippen molar-refractivity contribution in [2.45, 2.75) is 4.21 Å². The second kappa shape index (κ2) is 7.86. The maximum atomic E-state index is 12.8. The second-order valence-corrected chi connectivity index (χ2v) is 9.55. The smallest absolute Gasteiger partial charge is 0.272 e. The normalized spacial score (nSPS) is 11.4. The van der Waals surface area contributed by atoms with E-state index < -0.39 is 10.0 Å². The fourth-order valence-corrected chi connectivity index (χ4v) is 5.11. The zero-order valence-corrected chi connectivity index (χ0v) is 17.5. The van der Waals surface area contributed by atoms with Crippen LogP contribution in [0.15, 0.2) is 64.9 Å². The summed E-state index contributed by atoms with van der Waals surface area (Å²) in [6.45, 7) is 0. The highest BCUT2D eigenvalue weighted by molar-refractivity contribution is 7.94. The lowest BCUT2D eigenvalue weighted by Gasteiger charge is -2.13. The molecule has 2 heterocycles. The minimum Gasteiger partial charge on any atom is -0.497 e. The van der Waals surface area contributed by atoms with Crippen LogP contribution < -0.4 is 14.8 Å². The zero-order chi connectivity index (χ0) is 20.4. The van der Waals surface area contributed by atoms with Gasteiger partial charge in [0.2, 0.25) is 0 Å². The number of para-hydroxylation sites is 2. The maximum absolute atomic E-state index is 12.8. The lowest BCUT2D eigenvalue weighted by Crippen LogP contribution is -2.15. The summed E-state index contributed by atoms with van der Waals surface area (Å²) in [4.78, 5) is 9.00. The first-order valence-electron chi connectivity index (χ1n) is 8.41. The van der Waals surface area contributed by atoms with Crippen molar-refractivity contribution in [3.63, 3.8) is 0 Å². The quantitative estimate of drug-likeness (QED) is 0.437. The average molecular weight is 447 g/mol. The van der Waals surface area contributed by atoms with E-state index >= 15 is 0 Å². The Morgan fingerprint density at radius 2 is 1.69 bits per heavy atom. The molecule has 2 aromatic heterocycles. The molecule has 0 amide bonds. The largest absolute Gasteiger partial charge is 0.497 e. The highest BCUT2D eigenvalue weighted by atomic mass is 35.5. The molecule has 0 saturated carbocycles. The molecule has 29 heavy (non-hydrogen) atoms. The molecule has 148 valence electrons. The van der Waals surface area contributed by atoms with Gasteiger partial charge in [0, 0.05) is 11.8 Å². The van der Waals surface area contributed by atoms with E-state index in [2.05, 4.69) is 20.0 Å². The third-order valence-corrected chi connectivity index (χ3v) is 7.01. The number of aromatic nitrogens is 2. The maximum Gasteiger partial charge on any atom is 0.272 e. The average Bonchev–Trinajstić information content (AvgIpc) is 3.16. The van der Waals surface area contributed by atoms with Crippen molar-refractivity contribution in [1.82, 2.24) is 9.97 Å². The van der Waals surface area contributed by atoms with E-state index in [9.17, 15) is 8.42 Å². The summed E-state index contributed by atoms with van der Waals surface area (Å²) < 4.78 is 33.8. The van der Waals surface area contributed by atoms with Gasteiger partial charge < -0.3 is 10.1 Å². The van der Waals surface area contributed by atoms with Crippen molar-refractivity contribution < 1.29 is 13.2 Å². The van der Waals surface area contributed by atoms with Crippen LogP contribution in [0.5, 0.6) is 5.75 Å². The number of sulfonamides is 1. The Labute approximate surface area is 176 Å². The Morgan fingerprint density at radius 1 is 0.966 bits per heavy atom.